The van der Waals surface area contributed by atoms with Gasteiger partial charge in [-0.25, -0.2) is 17.5 Å². The Morgan fingerprint density at radius 3 is 2.67 bits per heavy atom. The second-order valence-electron chi connectivity index (χ2n) is 5.94. The molecule has 0 fully saturated rings. The molecule has 0 aliphatic heterocycles. The Kier molecular flexibility index (Phi) is 5.52. The third kappa shape index (κ3) is 3.71. The number of benzene rings is 2. The highest BCUT2D eigenvalue weighted by molar-refractivity contribution is 7.89. The molecule has 0 heterocycles. The first-order valence-electron chi connectivity index (χ1n) is 7.53. The largest absolute Gasteiger partial charge is 0.399 e. The number of fused-ring (bicyclic) bond motifs is 1. The van der Waals surface area contributed by atoms with Crippen LogP contribution < -0.4 is 10.5 Å². The molecule has 0 aromatic heterocycles. The van der Waals surface area contributed by atoms with E-state index in [0.717, 1.165) is 30.0 Å². The fourth-order valence-corrected chi connectivity index (χ4v) is 4.21. The first kappa shape index (κ1) is 18.7. The fourth-order valence-electron chi connectivity index (χ4n) is 2.95. The number of rotatable bonds is 3. The van der Waals surface area contributed by atoms with Crippen LogP contribution in [0.2, 0.25) is 0 Å². The van der Waals surface area contributed by atoms with Crippen molar-refractivity contribution in [2.45, 2.75) is 37.1 Å². The maximum absolute atomic E-state index is 13.7. The van der Waals surface area contributed by atoms with Gasteiger partial charge in [-0.05, 0) is 67.1 Å². The van der Waals surface area contributed by atoms with Crippen LogP contribution in [0.25, 0.3) is 0 Å². The highest BCUT2D eigenvalue weighted by Gasteiger charge is 2.26. The summed E-state index contributed by atoms with van der Waals surface area (Å²) < 4.78 is 41.4. The van der Waals surface area contributed by atoms with E-state index in [2.05, 4.69) is 4.72 Å². The molecule has 0 saturated heterocycles. The van der Waals surface area contributed by atoms with Gasteiger partial charge in [0.25, 0.3) is 0 Å². The average Bonchev–Trinajstić information content (AvgIpc) is 2.49. The van der Waals surface area contributed by atoms with E-state index in [1.807, 2.05) is 12.1 Å². The number of anilines is 1. The summed E-state index contributed by atoms with van der Waals surface area (Å²) in [4.78, 5) is -0.0526. The maximum atomic E-state index is 13.7. The molecule has 0 amide bonds. The number of halogens is 2. The lowest BCUT2D eigenvalue weighted by Crippen LogP contribution is -2.31. The van der Waals surface area contributed by atoms with Gasteiger partial charge in [-0.15, -0.1) is 12.4 Å². The average molecular weight is 371 g/mol. The summed E-state index contributed by atoms with van der Waals surface area (Å²) in [6.07, 6.45) is 2.48. The van der Waals surface area contributed by atoms with Gasteiger partial charge in [-0.3, -0.25) is 0 Å². The lowest BCUT2D eigenvalue weighted by atomic mass is 9.88. The molecule has 3 rings (SSSR count). The molecule has 130 valence electrons. The number of aryl methyl sites for hydroxylation is 2. The van der Waals surface area contributed by atoms with Crippen LogP contribution in [0, 0.1) is 12.7 Å². The summed E-state index contributed by atoms with van der Waals surface area (Å²) >= 11 is 0. The van der Waals surface area contributed by atoms with Gasteiger partial charge < -0.3 is 5.73 Å². The van der Waals surface area contributed by atoms with Crippen molar-refractivity contribution < 1.29 is 12.8 Å². The Labute approximate surface area is 147 Å². The van der Waals surface area contributed by atoms with Crippen LogP contribution in [0.5, 0.6) is 0 Å². The molecule has 0 saturated carbocycles. The van der Waals surface area contributed by atoms with Gasteiger partial charge in [0.2, 0.25) is 10.0 Å². The van der Waals surface area contributed by atoms with E-state index in [-0.39, 0.29) is 23.3 Å². The van der Waals surface area contributed by atoms with Crippen molar-refractivity contribution in [3.8, 4) is 0 Å². The topological polar surface area (TPSA) is 72.2 Å². The van der Waals surface area contributed by atoms with Crippen molar-refractivity contribution in [1.82, 2.24) is 4.72 Å². The van der Waals surface area contributed by atoms with Crippen molar-refractivity contribution in [2.24, 2.45) is 0 Å². The molecule has 3 N–H and O–H groups in total. The molecule has 1 unspecified atom stereocenters. The van der Waals surface area contributed by atoms with E-state index in [1.54, 1.807) is 13.0 Å². The summed E-state index contributed by atoms with van der Waals surface area (Å²) in [6, 6.07) is 9.18. The lowest BCUT2D eigenvalue weighted by molar-refractivity contribution is 0.506. The number of hydrogen-bond donors (Lipinski definition) is 2. The molecular weight excluding hydrogens is 351 g/mol. The minimum Gasteiger partial charge on any atom is -0.399 e. The fraction of sp³-hybridized carbons (Fsp3) is 0.294. The molecule has 7 heteroatoms. The van der Waals surface area contributed by atoms with Crippen LogP contribution in [0.1, 0.15) is 35.6 Å². The van der Waals surface area contributed by atoms with Crippen molar-refractivity contribution in [3.63, 3.8) is 0 Å². The third-order valence-corrected chi connectivity index (χ3v) is 5.70. The summed E-state index contributed by atoms with van der Waals surface area (Å²) in [7, 11) is -3.77. The molecule has 1 atom stereocenters. The van der Waals surface area contributed by atoms with Crippen LogP contribution >= 0.6 is 12.4 Å². The van der Waals surface area contributed by atoms with Gasteiger partial charge in [-0.1, -0.05) is 12.1 Å². The van der Waals surface area contributed by atoms with Crippen LogP contribution in [0.3, 0.4) is 0 Å². The quantitative estimate of drug-likeness (QED) is 0.812. The molecule has 0 radical (unpaired) electrons. The number of sulfonamides is 1. The normalized spacial score (nSPS) is 17.0. The van der Waals surface area contributed by atoms with Crippen molar-refractivity contribution >= 4 is 28.1 Å². The minimum absolute atomic E-state index is 0. The Morgan fingerprint density at radius 2 is 1.96 bits per heavy atom. The first-order chi connectivity index (χ1) is 10.9. The van der Waals surface area contributed by atoms with Crippen molar-refractivity contribution in [1.29, 1.82) is 0 Å². The summed E-state index contributed by atoms with van der Waals surface area (Å²) in [5.74, 6) is -0.523. The molecule has 0 bridgehead atoms. The molecule has 4 nitrogen and oxygen atoms in total. The van der Waals surface area contributed by atoms with E-state index < -0.39 is 15.8 Å². The molecular formula is C17H20ClFN2O2S. The smallest absolute Gasteiger partial charge is 0.241 e. The molecule has 2 aromatic rings. The van der Waals surface area contributed by atoms with E-state index in [0.29, 0.717) is 17.7 Å². The predicted octanol–water partition coefficient (Wildman–Crippen LogP) is 3.49. The molecule has 1 aliphatic carbocycles. The molecule has 1 aliphatic rings. The summed E-state index contributed by atoms with van der Waals surface area (Å²) in [5, 5.41) is 0. The van der Waals surface area contributed by atoms with E-state index in [4.69, 9.17) is 5.73 Å². The molecule has 24 heavy (non-hydrogen) atoms. The van der Waals surface area contributed by atoms with Gasteiger partial charge in [0.15, 0.2) is 0 Å². The van der Waals surface area contributed by atoms with E-state index >= 15 is 0 Å². The zero-order valence-electron chi connectivity index (χ0n) is 13.3. The zero-order valence-corrected chi connectivity index (χ0v) is 14.9. The Bertz CT molecular complexity index is 856. The summed E-state index contributed by atoms with van der Waals surface area (Å²) in [5.41, 5.74) is 8.90. The predicted molar refractivity (Wildman–Crippen MR) is 95.2 cm³/mol. The van der Waals surface area contributed by atoms with Gasteiger partial charge in [0, 0.05) is 11.7 Å². The monoisotopic (exact) mass is 370 g/mol. The van der Waals surface area contributed by atoms with Gasteiger partial charge >= 0.3 is 0 Å². The Morgan fingerprint density at radius 1 is 1.21 bits per heavy atom. The molecule has 2 aromatic carbocycles. The standard InChI is InChI=1S/C17H19FN2O2S.ClH/c1-11-5-7-14(10-16(11)18)23(21,22)20-17-4-2-3-12-9-13(19)6-8-15(12)17;/h5-10,17,20H,2-4,19H2,1H3;1H. The highest BCUT2D eigenvalue weighted by Crippen LogP contribution is 2.32. The van der Waals surface area contributed by atoms with Crippen LogP contribution in [-0.4, -0.2) is 8.42 Å². The highest BCUT2D eigenvalue weighted by atomic mass is 35.5. The van der Waals surface area contributed by atoms with E-state index in [9.17, 15) is 12.8 Å². The Hall–Kier alpha value is -1.63. The third-order valence-electron chi connectivity index (χ3n) is 4.23. The van der Waals surface area contributed by atoms with Crippen LogP contribution in [-0.2, 0) is 16.4 Å². The number of nitrogens with one attached hydrogen (secondary N) is 1. The van der Waals surface area contributed by atoms with Crippen LogP contribution in [0.4, 0.5) is 10.1 Å². The second-order valence-corrected chi connectivity index (χ2v) is 7.65. The Balaban J connectivity index is 0.00000208. The minimum atomic E-state index is -3.77. The van der Waals surface area contributed by atoms with Crippen molar-refractivity contribution in [3.05, 3.63) is 58.9 Å². The number of nitrogen functional groups attached to an aromatic ring is 1. The second kappa shape index (κ2) is 7.09. The van der Waals surface area contributed by atoms with Gasteiger partial charge in [-0.2, -0.15) is 0 Å². The van der Waals surface area contributed by atoms with Gasteiger partial charge in [0.05, 0.1) is 4.90 Å². The van der Waals surface area contributed by atoms with Crippen LogP contribution in [0.15, 0.2) is 41.3 Å². The number of hydrogen-bond acceptors (Lipinski definition) is 3. The first-order valence-corrected chi connectivity index (χ1v) is 9.02. The number of nitrogens with two attached hydrogens (primary N) is 1. The van der Waals surface area contributed by atoms with E-state index in [1.165, 1.54) is 12.1 Å². The zero-order chi connectivity index (χ0) is 16.6. The maximum Gasteiger partial charge on any atom is 0.241 e. The SMILES string of the molecule is Cc1ccc(S(=O)(=O)NC2CCCc3cc(N)ccc32)cc1F.Cl. The summed E-state index contributed by atoms with van der Waals surface area (Å²) in [6.45, 7) is 1.60. The lowest BCUT2D eigenvalue weighted by Gasteiger charge is -2.26. The van der Waals surface area contributed by atoms with Gasteiger partial charge in [0.1, 0.15) is 5.82 Å². The molecule has 0 spiro atoms. The van der Waals surface area contributed by atoms with Crippen molar-refractivity contribution in [2.75, 3.05) is 5.73 Å².